The number of para-hydroxylation sites is 1. The van der Waals surface area contributed by atoms with Crippen LogP contribution in [-0.2, 0) is 6.54 Å². The van der Waals surface area contributed by atoms with Crippen LogP contribution in [0.5, 0.6) is 0 Å². The molecule has 4 heteroatoms. The molecule has 98 valence electrons. The second-order valence-electron chi connectivity index (χ2n) is 4.56. The van der Waals surface area contributed by atoms with Gasteiger partial charge >= 0.3 is 0 Å². The number of hydrogen-bond donors (Lipinski definition) is 1. The largest absolute Gasteiger partial charge is 0.459 e. The van der Waals surface area contributed by atoms with E-state index < -0.39 is 0 Å². The molecule has 4 nitrogen and oxygen atoms in total. The molecule has 3 rings (SSSR count). The van der Waals surface area contributed by atoms with Gasteiger partial charge in [0.2, 0.25) is 0 Å². The zero-order valence-corrected chi connectivity index (χ0v) is 10.9. The van der Waals surface area contributed by atoms with Gasteiger partial charge in [0.25, 0.3) is 0 Å². The van der Waals surface area contributed by atoms with Crippen molar-refractivity contribution in [1.82, 2.24) is 14.9 Å². The highest BCUT2D eigenvalue weighted by Crippen LogP contribution is 2.24. The fourth-order valence-corrected chi connectivity index (χ4v) is 2.28. The summed E-state index contributed by atoms with van der Waals surface area (Å²) in [5.74, 6) is 0.969. The van der Waals surface area contributed by atoms with Crippen LogP contribution in [0, 0.1) is 0 Å². The Morgan fingerprint density at radius 1 is 1.37 bits per heavy atom. The number of nitrogens with one attached hydrogen (secondary N) is 1. The van der Waals surface area contributed by atoms with Crippen LogP contribution in [0.2, 0.25) is 0 Å². The summed E-state index contributed by atoms with van der Waals surface area (Å²) in [6.45, 7) is 3.81. The molecule has 3 aromatic rings. The molecule has 1 atom stereocenters. The Kier molecular flexibility index (Phi) is 3.33. The Bertz CT molecular complexity index is 609. The third-order valence-electron chi connectivity index (χ3n) is 3.19. The van der Waals surface area contributed by atoms with E-state index in [-0.39, 0.29) is 6.04 Å². The molecule has 0 bridgehead atoms. The maximum Gasteiger partial charge on any atom is 0.134 e. The van der Waals surface area contributed by atoms with Crippen LogP contribution in [-0.4, -0.2) is 16.1 Å². The number of hydrogen-bond acceptors (Lipinski definition) is 3. The fourth-order valence-electron chi connectivity index (χ4n) is 2.28. The van der Waals surface area contributed by atoms with E-state index in [9.17, 15) is 0 Å². The van der Waals surface area contributed by atoms with E-state index in [1.165, 1.54) is 0 Å². The minimum Gasteiger partial charge on any atom is -0.459 e. The molecule has 2 aromatic heterocycles. The van der Waals surface area contributed by atoms with Crippen LogP contribution in [0.3, 0.4) is 0 Å². The second kappa shape index (κ2) is 5.28. The van der Waals surface area contributed by atoms with Gasteiger partial charge in [-0.15, -0.1) is 0 Å². The van der Waals surface area contributed by atoms with E-state index in [4.69, 9.17) is 4.42 Å². The average molecular weight is 255 g/mol. The molecule has 0 radical (unpaired) electrons. The molecule has 0 fully saturated rings. The highest BCUT2D eigenvalue weighted by molar-refractivity contribution is 5.77. The van der Waals surface area contributed by atoms with Crippen molar-refractivity contribution in [2.24, 2.45) is 0 Å². The number of nitrogens with zero attached hydrogens (tertiary/aromatic N) is 2. The second-order valence-corrected chi connectivity index (χ2v) is 4.56. The Balaban J connectivity index is 1.90. The summed E-state index contributed by atoms with van der Waals surface area (Å²) in [7, 11) is 0. The lowest BCUT2D eigenvalue weighted by Gasteiger charge is -2.15. The van der Waals surface area contributed by atoms with E-state index in [1.807, 2.05) is 30.7 Å². The van der Waals surface area contributed by atoms with Crippen LogP contribution >= 0.6 is 0 Å². The van der Waals surface area contributed by atoms with Gasteiger partial charge in [-0.25, -0.2) is 4.98 Å². The predicted molar refractivity (Wildman–Crippen MR) is 74.9 cm³/mol. The number of benzene rings is 1. The first kappa shape index (κ1) is 12.0. The lowest BCUT2D eigenvalue weighted by molar-refractivity contribution is 0.395. The molecule has 0 saturated heterocycles. The predicted octanol–water partition coefficient (Wildman–Crippen LogP) is 2.98. The number of imidazole rings is 1. The Morgan fingerprint density at radius 2 is 2.26 bits per heavy atom. The molecule has 19 heavy (non-hydrogen) atoms. The van der Waals surface area contributed by atoms with E-state index in [1.54, 1.807) is 6.20 Å². The molecular formula is C15H17N3O. The van der Waals surface area contributed by atoms with Crippen molar-refractivity contribution >= 4 is 11.0 Å². The molecule has 0 aliphatic rings. The molecule has 1 aromatic carbocycles. The standard InChI is InChI=1S/C15H17N3O/c1-2-17-13(10-18-8-7-16-11-18)15-9-12-5-3-4-6-14(12)19-15/h3-9,11,13,17H,2,10H2,1H3. The molecular weight excluding hydrogens is 238 g/mol. The first-order valence-corrected chi connectivity index (χ1v) is 6.54. The maximum atomic E-state index is 5.94. The van der Waals surface area contributed by atoms with E-state index in [0.717, 1.165) is 29.8 Å². The van der Waals surface area contributed by atoms with Gasteiger partial charge in [0.15, 0.2) is 0 Å². The first-order chi connectivity index (χ1) is 9.36. The van der Waals surface area contributed by atoms with Crippen molar-refractivity contribution in [3.8, 4) is 0 Å². The molecule has 1 N–H and O–H groups in total. The molecule has 0 saturated carbocycles. The summed E-state index contributed by atoms with van der Waals surface area (Å²) in [5.41, 5.74) is 0.936. The summed E-state index contributed by atoms with van der Waals surface area (Å²) >= 11 is 0. The maximum absolute atomic E-state index is 5.94. The van der Waals surface area contributed by atoms with Gasteiger partial charge in [0.05, 0.1) is 12.4 Å². The van der Waals surface area contributed by atoms with Crippen LogP contribution in [0.4, 0.5) is 0 Å². The topological polar surface area (TPSA) is 43.0 Å². The lowest BCUT2D eigenvalue weighted by atomic mass is 10.2. The van der Waals surface area contributed by atoms with Crippen LogP contribution < -0.4 is 5.32 Å². The molecule has 1 unspecified atom stereocenters. The van der Waals surface area contributed by atoms with Gasteiger partial charge in [-0.1, -0.05) is 25.1 Å². The number of likely N-dealkylation sites (N-methyl/N-ethyl adjacent to an activating group) is 1. The Morgan fingerprint density at radius 3 is 3.00 bits per heavy atom. The molecule has 0 aliphatic carbocycles. The minimum absolute atomic E-state index is 0.159. The number of furan rings is 1. The van der Waals surface area contributed by atoms with Gasteiger partial charge in [-0.05, 0) is 18.7 Å². The quantitative estimate of drug-likeness (QED) is 0.762. The van der Waals surface area contributed by atoms with Crippen molar-refractivity contribution in [3.05, 3.63) is 54.8 Å². The van der Waals surface area contributed by atoms with Gasteiger partial charge in [0, 0.05) is 24.3 Å². The lowest BCUT2D eigenvalue weighted by Crippen LogP contribution is -2.24. The molecule has 2 heterocycles. The number of aromatic nitrogens is 2. The smallest absolute Gasteiger partial charge is 0.134 e. The summed E-state index contributed by atoms with van der Waals surface area (Å²) in [4.78, 5) is 4.08. The van der Waals surface area contributed by atoms with Crippen LogP contribution in [0.25, 0.3) is 11.0 Å². The summed E-state index contributed by atoms with van der Waals surface area (Å²) in [6.07, 6.45) is 5.58. The van der Waals surface area contributed by atoms with Crippen LogP contribution in [0.15, 0.2) is 53.5 Å². The third kappa shape index (κ3) is 2.53. The monoisotopic (exact) mass is 255 g/mol. The SMILES string of the molecule is CCNC(Cn1ccnc1)c1cc2ccccc2o1. The molecule has 0 spiro atoms. The normalized spacial score (nSPS) is 12.9. The van der Waals surface area contributed by atoms with Gasteiger partial charge in [-0.3, -0.25) is 0 Å². The van der Waals surface area contributed by atoms with Gasteiger partial charge < -0.3 is 14.3 Å². The summed E-state index contributed by atoms with van der Waals surface area (Å²) in [6, 6.07) is 10.4. The highest BCUT2D eigenvalue weighted by atomic mass is 16.3. The van der Waals surface area contributed by atoms with Gasteiger partial charge in [-0.2, -0.15) is 0 Å². The molecule has 0 amide bonds. The average Bonchev–Trinajstić information content (AvgIpc) is 3.06. The van der Waals surface area contributed by atoms with Crippen molar-refractivity contribution in [3.63, 3.8) is 0 Å². The minimum atomic E-state index is 0.159. The summed E-state index contributed by atoms with van der Waals surface area (Å²) < 4.78 is 7.99. The fraction of sp³-hybridized carbons (Fsp3) is 0.267. The van der Waals surface area contributed by atoms with Crippen molar-refractivity contribution in [2.75, 3.05) is 6.54 Å². The zero-order chi connectivity index (χ0) is 13.1. The Labute approximate surface area is 112 Å². The van der Waals surface area contributed by atoms with E-state index in [0.29, 0.717) is 0 Å². The van der Waals surface area contributed by atoms with E-state index >= 15 is 0 Å². The van der Waals surface area contributed by atoms with Crippen molar-refractivity contribution in [1.29, 1.82) is 0 Å². The number of fused-ring (bicyclic) bond motifs is 1. The molecule has 0 aliphatic heterocycles. The van der Waals surface area contributed by atoms with Crippen molar-refractivity contribution in [2.45, 2.75) is 19.5 Å². The highest BCUT2D eigenvalue weighted by Gasteiger charge is 2.15. The third-order valence-corrected chi connectivity index (χ3v) is 3.19. The van der Waals surface area contributed by atoms with E-state index in [2.05, 4.69) is 33.9 Å². The van der Waals surface area contributed by atoms with Gasteiger partial charge in [0.1, 0.15) is 11.3 Å². The van der Waals surface area contributed by atoms with Crippen molar-refractivity contribution < 1.29 is 4.42 Å². The zero-order valence-electron chi connectivity index (χ0n) is 10.9. The first-order valence-electron chi connectivity index (χ1n) is 6.54. The van der Waals surface area contributed by atoms with Crippen LogP contribution in [0.1, 0.15) is 18.7 Å². The Hall–Kier alpha value is -2.07. The number of rotatable bonds is 5. The summed E-state index contributed by atoms with van der Waals surface area (Å²) in [5, 5.41) is 4.60.